The Morgan fingerprint density at radius 3 is 2.52 bits per heavy atom. The third-order valence-electron chi connectivity index (χ3n) is 4.88. The molecule has 21 heavy (non-hydrogen) atoms. The maximum atomic E-state index is 3.47. The monoisotopic (exact) mass is 287 g/mol. The lowest BCUT2D eigenvalue weighted by Crippen LogP contribution is -2.53. The molecule has 1 saturated heterocycles. The van der Waals surface area contributed by atoms with E-state index >= 15 is 0 Å². The molecule has 2 aliphatic rings. The smallest absolute Gasteiger partial charge is 0.0234 e. The zero-order valence-electron chi connectivity index (χ0n) is 13.8. The minimum absolute atomic E-state index is 0.309. The zero-order chi connectivity index (χ0) is 14.9. The molecule has 1 fully saturated rings. The molecule has 2 heterocycles. The molecule has 116 valence electrons. The highest BCUT2D eigenvalue weighted by molar-refractivity contribution is 5.33. The predicted molar refractivity (Wildman–Crippen MR) is 88.5 cm³/mol. The number of benzene rings is 1. The van der Waals surface area contributed by atoms with Crippen LogP contribution in [0.2, 0.25) is 0 Å². The third kappa shape index (κ3) is 3.65. The lowest BCUT2D eigenvalue weighted by atomic mass is 9.98. The summed E-state index contributed by atoms with van der Waals surface area (Å²) in [5.41, 5.74) is 4.83. The summed E-state index contributed by atoms with van der Waals surface area (Å²) in [7, 11) is 0. The van der Waals surface area contributed by atoms with Gasteiger partial charge in [0.1, 0.15) is 0 Å². The van der Waals surface area contributed by atoms with Crippen molar-refractivity contribution in [2.75, 3.05) is 32.7 Å². The Morgan fingerprint density at radius 1 is 1.05 bits per heavy atom. The lowest BCUT2D eigenvalue weighted by Gasteiger charge is -2.42. The maximum Gasteiger partial charge on any atom is 0.0234 e. The Bertz CT molecular complexity index is 482. The quantitative estimate of drug-likeness (QED) is 0.900. The normalized spacial score (nSPS) is 21.3. The zero-order valence-corrected chi connectivity index (χ0v) is 13.8. The Hall–Kier alpha value is -0.900. The molecule has 0 saturated carbocycles. The van der Waals surface area contributed by atoms with E-state index in [9.17, 15) is 0 Å². The maximum absolute atomic E-state index is 3.47. The summed E-state index contributed by atoms with van der Waals surface area (Å²) in [5, 5.41) is 3.47. The standard InChI is InChI=1S/C18H29N3/c1-18(2,3)21-10-8-20(9-11-21)14-15-4-5-16-6-7-19-13-17(16)12-15/h4-5,12,19H,6-11,13-14H2,1-3H3. The van der Waals surface area contributed by atoms with Crippen LogP contribution in [0.3, 0.4) is 0 Å². The first-order valence-corrected chi connectivity index (χ1v) is 8.31. The van der Waals surface area contributed by atoms with Gasteiger partial charge in [0.05, 0.1) is 0 Å². The van der Waals surface area contributed by atoms with E-state index in [-0.39, 0.29) is 0 Å². The number of nitrogens with one attached hydrogen (secondary N) is 1. The van der Waals surface area contributed by atoms with Gasteiger partial charge in [-0.1, -0.05) is 18.2 Å². The van der Waals surface area contributed by atoms with Crippen LogP contribution in [0.5, 0.6) is 0 Å². The van der Waals surface area contributed by atoms with Crippen molar-refractivity contribution in [1.82, 2.24) is 15.1 Å². The number of nitrogens with zero attached hydrogens (tertiary/aromatic N) is 2. The van der Waals surface area contributed by atoms with Crippen molar-refractivity contribution in [3.63, 3.8) is 0 Å². The first-order valence-electron chi connectivity index (χ1n) is 8.31. The van der Waals surface area contributed by atoms with E-state index < -0.39 is 0 Å². The van der Waals surface area contributed by atoms with Crippen molar-refractivity contribution in [2.45, 2.75) is 45.8 Å². The second-order valence-corrected chi connectivity index (χ2v) is 7.46. The molecule has 3 nitrogen and oxygen atoms in total. The summed E-state index contributed by atoms with van der Waals surface area (Å²) in [5.74, 6) is 0. The van der Waals surface area contributed by atoms with Crippen LogP contribution in [0.4, 0.5) is 0 Å². The molecule has 0 spiro atoms. The van der Waals surface area contributed by atoms with E-state index in [0.717, 1.165) is 19.6 Å². The third-order valence-corrected chi connectivity index (χ3v) is 4.88. The minimum Gasteiger partial charge on any atom is -0.312 e. The highest BCUT2D eigenvalue weighted by Crippen LogP contribution is 2.19. The van der Waals surface area contributed by atoms with Gasteiger partial charge in [0.2, 0.25) is 0 Å². The lowest BCUT2D eigenvalue weighted by molar-refractivity contribution is 0.0591. The Morgan fingerprint density at radius 2 is 1.81 bits per heavy atom. The molecule has 1 N–H and O–H groups in total. The second kappa shape index (κ2) is 6.07. The van der Waals surface area contributed by atoms with E-state index in [4.69, 9.17) is 0 Å². The van der Waals surface area contributed by atoms with Gasteiger partial charge >= 0.3 is 0 Å². The van der Waals surface area contributed by atoms with Crippen molar-refractivity contribution >= 4 is 0 Å². The molecule has 3 rings (SSSR count). The van der Waals surface area contributed by atoms with Gasteiger partial charge in [0, 0.05) is 44.8 Å². The van der Waals surface area contributed by atoms with E-state index in [2.05, 4.69) is 54.1 Å². The van der Waals surface area contributed by atoms with Crippen molar-refractivity contribution in [1.29, 1.82) is 0 Å². The molecule has 0 bridgehead atoms. The average molecular weight is 287 g/mol. The van der Waals surface area contributed by atoms with Gasteiger partial charge in [0.15, 0.2) is 0 Å². The molecule has 3 heteroatoms. The summed E-state index contributed by atoms with van der Waals surface area (Å²) >= 11 is 0. The molecule has 0 unspecified atom stereocenters. The Labute approximate surface area is 129 Å². The van der Waals surface area contributed by atoms with Gasteiger partial charge < -0.3 is 5.32 Å². The van der Waals surface area contributed by atoms with Crippen LogP contribution < -0.4 is 5.32 Å². The number of hydrogen-bond acceptors (Lipinski definition) is 3. The SMILES string of the molecule is CC(C)(C)N1CCN(Cc2ccc3c(c2)CNCC3)CC1. The van der Waals surface area contributed by atoms with Crippen molar-refractivity contribution in [3.8, 4) is 0 Å². The van der Waals surface area contributed by atoms with Crippen molar-refractivity contribution in [3.05, 3.63) is 34.9 Å². The number of piperazine rings is 1. The summed E-state index contributed by atoms with van der Waals surface area (Å²) in [6, 6.07) is 7.09. The van der Waals surface area contributed by atoms with Crippen LogP contribution in [0, 0.1) is 0 Å². The van der Waals surface area contributed by atoms with E-state index in [1.54, 1.807) is 0 Å². The molecular weight excluding hydrogens is 258 g/mol. The molecule has 0 aromatic heterocycles. The first kappa shape index (κ1) is 15.0. The molecule has 1 aromatic rings. The van der Waals surface area contributed by atoms with Crippen LogP contribution in [-0.2, 0) is 19.5 Å². The van der Waals surface area contributed by atoms with Gasteiger partial charge in [0.25, 0.3) is 0 Å². The van der Waals surface area contributed by atoms with Crippen LogP contribution in [0.15, 0.2) is 18.2 Å². The fourth-order valence-corrected chi connectivity index (χ4v) is 3.47. The summed E-state index contributed by atoms with van der Waals surface area (Å²) in [6.07, 6.45) is 1.18. The van der Waals surface area contributed by atoms with Crippen LogP contribution in [0.1, 0.15) is 37.5 Å². The van der Waals surface area contributed by atoms with Crippen LogP contribution in [-0.4, -0.2) is 48.1 Å². The Balaban J connectivity index is 1.58. The summed E-state index contributed by atoms with van der Waals surface area (Å²) < 4.78 is 0. The molecule has 2 aliphatic heterocycles. The van der Waals surface area contributed by atoms with Gasteiger partial charge in [-0.25, -0.2) is 0 Å². The van der Waals surface area contributed by atoms with Gasteiger partial charge in [-0.2, -0.15) is 0 Å². The van der Waals surface area contributed by atoms with Gasteiger partial charge in [-0.05, 0) is 50.4 Å². The number of fused-ring (bicyclic) bond motifs is 1. The van der Waals surface area contributed by atoms with Crippen molar-refractivity contribution in [2.24, 2.45) is 0 Å². The fraction of sp³-hybridized carbons (Fsp3) is 0.667. The number of rotatable bonds is 2. The molecule has 0 atom stereocenters. The van der Waals surface area contributed by atoms with Crippen molar-refractivity contribution < 1.29 is 0 Å². The van der Waals surface area contributed by atoms with E-state index in [0.29, 0.717) is 5.54 Å². The highest BCUT2D eigenvalue weighted by Gasteiger charge is 2.25. The van der Waals surface area contributed by atoms with Crippen LogP contribution in [0.25, 0.3) is 0 Å². The molecule has 0 amide bonds. The largest absolute Gasteiger partial charge is 0.312 e. The minimum atomic E-state index is 0.309. The summed E-state index contributed by atoms with van der Waals surface area (Å²) in [4.78, 5) is 5.19. The van der Waals surface area contributed by atoms with E-state index in [1.165, 1.54) is 49.3 Å². The molecule has 1 aromatic carbocycles. The van der Waals surface area contributed by atoms with Gasteiger partial charge in [-0.15, -0.1) is 0 Å². The first-order chi connectivity index (χ1) is 10.0. The van der Waals surface area contributed by atoms with Crippen LogP contribution >= 0.6 is 0 Å². The fourth-order valence-electron chi connectivity index (χ4n) is 3.47. The predicted octanol–water partition coefficient (Wildman–Crippen LogP) is 2.25. The van der Waals surface area contributed by atoms with E-state index in [1.807, 2.05) is 0 Å². The second-order valence-electron chi connectivity index (χ2n) is 7.46. The molecule has 0 aliphatic carbocycles. The van der Waals surface area contributed by atoms with Gasteiger partial charge in [-0.3, -0.25) is 9.80 Å². The highest BCUT2D eigenvalue weighted by atomic mass is 15.3. The summed E-state index contributed by atoms with van der Waals surface area (Å²) in [6.45, 7) is 15.0. The number of hydrogen-bond donors (Lipinski definition) is 1. The Kier molecular flexibility index (Phi) is 4.34. The molecule has 0 radical (unpaired) electrons. The molecular formula is C18H29N3. The average Bonchev–Trinajstić information content (AvgIpc) is 2.47. The topological polar surface area (TPSA) is 18.5 Å².